The molecule has 0 N–H and O–H groups in total. The Morgan fingerprint density at radius 3 is 2.07 bits per heavy atom. The lowest BCUT2D eigenvalue weighted by Crippen LogP contribution is -2.15. The van der Waals surface area contributed by atoms with Gasteiger partial charge in [0.05, 0.1) is 5.56 Å². The van der Waals surface area contributed by atoms with Crippen molar-refractivity contribution in [3.8, 4) is 11.8 Å². The Morgan fingerprint density at radius 2 is 1.46 bits per heavy atom. The topological polar surface area (TPSA) is 0 Å². The van der Waals surface area contributed by atoms with Crippen LogP contribution >= 0.6 is 0 Å². The quantitative estimate of drug-likeness (QED) is 0.463. The lowest BCUT2D eigenvalue weighted by Gasteiger charge is -2.28. The predicted octanol–water partition coefficient (Wildman–Crippen LogP) is 7.33. The first-order chi connectivity index (χ1) is 13.7. The molecule has 1 aliphatic rings. The molecule has 0 unspecified atom stereocenters. The van der Waals surface area contributed by atoms with Gasteiger partial charge in [-0.1, -0.05) is 82.4 Å². The highest BCUT2D eigenvalue weighted by Gasteiger charge is 2.20. The number of aryl methyl sites for hydroxylation is 2. The fourth-order valence-corrected chi connectivity index (χ4v) is 4.37. The molecule has 2 aromatic carbocycles. The Balaban J connectivity index is 1.53. The summed E-state index contributed by atoms with van der Waals surface area (Å²) in [6, 6.07) is 13.8. The smallest absolute Gasteiger partial charge is 0.139 e. The molecule has 0 atom stereocenters. The van der Waals surface area contributed by atoms with Gasteiger partial charge in [-0.2, -0.15) is 0 Å². The SMILES string of the molecule is CCC[C@H]1CC[C@H](CCc2ccc(C#Cc3ccc(CC)cc3)c(F)c2)CC1. The predicted molar refractivity (Wildman–Crippen MR) is 117 cm³/mol. The maximum Gasteiger partial charge on any atom is 0.139 e. The Labute approximate surface area is 170 Å². The van der Waals surface area contributed by atoms with E-state index in [2.05, 4.69) is 43.9 Å². The van der Waals surface area contributed by atoms with Crippen LogP contribution in [0.1, 0.15) is 81.0 Å². The molecule has 0 nitrogen and oxygen atoms in total. The van der Waals surface area contributed by atoms with E-state index in [0.717, 1.165) is 35.8 Å². The summed E-state index contributed by atoms with van der Waals surface area (Å²) in [5, 5.41) is 0. The van der Waals surface area contributed by atoms with Crippen molar-refractivity contribution in [2.75, 3.05) is 0 Å². The summed E-state index contributed by atoms with van der Waals surface area (Å²) >= 11 is 0. The zero-order valence-corrected chi connectivity index (χ0v) is 17.4. The van der Waals surface area contributed by atoms with E-state index in [1.807, 2.05) is 18.2 Å². The minimum atomic E-state index is -0.193. The molecule has 0 radical (unpaired) electrons. The number of hydrogen-bond donors (Lipinski definition) is 0. The third-order valence-corrected chi connectivity index (χ3v) is 6.24. The van der Waals surface area contributed by atoms with Crippen molar-refractivity contribution in [2.24, 2.45) is 11.8 Å². The molecule has 1 saturated carbocycles. The Morgan fingerprint density at radius 1 is 0.821 bits per heavy atom. The van der Waals surface area contributed by atoms with E-state index < -0.39 is 0 Å². The second kappa shape index (κ2) is 10.5. The third-order valence-electron chi connectivity index (χ3n) is 6.24. The lowest BCUT2D eigenvalue weighted by molar-refractivity contribution is 0.252. The van der Waals surface area contributed by atoms with Gasteiger partial charge < -0.3 is 0 Å². The van der Waals surface area contributed by atoms with Crippen LogP contribution in [0.15, 0.2) is 42.5 Å². The van der Waals surface area contributed by atoms with Crippen LogP contribution in [0.5, 0.6) is 0 Å². The van der Waals surface area contributed by atoms with E-state index >= 15 is 0 Å². The molecule has 0 bridgehead atoms. The monoisotopic (exact) mass is 376 g/mol. The van der Waals surface area contributed by atoms with Gasteiger partial charge in [0.1, 0.15) is 5.82 Å². The van der Waals surface area contributed by atoms with Crippen LogP contribution in [0.4, 0.5) is 4.39 Å². The molecule has 0 spiro atoms. The average Bonchev–Trinajstić information content (AvgIpc) is 2.73. The van der Waals surface area contributed by atoms with Crippen molar-refractivity contribution in [3.63, 3.8) is 0 Å². The first-order valence-corrected chi connectivity index (χ1v) is 11.1. The normalized spacial score (nSPS) is 19.1. The van der Waals surface area contributed by atoms with E-state index in [1.54, 1.807) is 6.07 Å². The summed E-state index contributed by atoms with van der Waals surface area (Å²) in [6.07, 6.45) is 11.4. The van der Waals surface area contributed by atoms with E-state index in [4.69, 9.17) is 0 Å². The minimum Gasteiger partial charge on any atom is -0.206 e. The molecule has 1 fully saturated rings. The van der Waals surface area contributed by atoms with Crippen molar-refractivity contribution < 1.29 is 4.39 Å². The van der Waals surface area contributed by atoms with Crippen LogP contribution in [-0.2, 0) is 12.8 Å². The van der Waals surface area contributed by atoms with Crippen LogP contribution in [-0.4, -0.2) is 0 Å². The Bertz CT molecular complexity index is 798. The van der Waals surface area contributed by atoms with E-state index in [-0.39, 0.29) is 5.82 Å². The summed E-state index contributed by atoms with van der Waals surface area (Å²) in [7, 11) is 0. The van der Waals surface area contributed by atoms with Crippen LogP contribution in [0.25, 0.3) is 0 Å². The van der Waals surface area contributed by atoms with E-state index in [9.17, 15) is 4.39 Å². The van der Waals surface area contributed by atoms with Crippen molar-refractivity contribution >= 4 is 0 Å². The highest BCUT2D eigenvalue weighted by Crippen LogP contribution is 2.33. The van der Waals surface area contributed by atoms with Gasteiger partial charge in [-0.3, -0.25) is 0 Å². The highest BCUT2D eigenvalue weighted by atomic mass is 19.1. The summed E-state index contributed by atoms with van der Waals surface area (Å²) in [6.45, 7) is 4.42. The van der Waals surface area contributed by atoms with Gasteiger partial charge >= 0.3 is 0 Å². The first kappa shape index (κ1) is 20.7. The molecule has 2 aromatic rings. The van der Waals surface area contributed by atoms with Crippen LogP contribution in [0.2, 0.25) is 0 Å². The van der Waals surface area contributed by atoms with Crippen molar-refractivity contribution in [1.29, 1.82) is 0 Å². The van der Waals surface area contributed by atoms with Gasteiger partial charge in [-0.05, 0) is 66.5 Å². The Kier molecular flexibility index (Phi) is 7.72. The molecule has 148 valence electrons. The summed E-state index contributed by atoms with van der Waals surface area (Å²) in [5.41, 5.74) is 3.81. The molecule has 3 rings (SSSR count). The van der Waals surface area contributed by atoms with Gasteiger partial charge in [-0.15, -0.1) is 0 Å². The molecule has 0 amide bonds. The summed E-state index contributed by atoms with van der Waals surface area (Å²) in [5.74, 6) is 7.65. The molecule has 28 heavy (non-hydrogen) atoms. The van der Waals surface area contributed by atoms with Gasteiger partial charge in [0, 0.05) is 5.56 Å². The second-order valence-electron chi connectivity index (χ2n) is 8.33. The van der Waals surface area contributed by atoms with Crippen LogP contribution in [0, 0.1) is 29.5 Å². The fraction of sp³-hybridized carbons (Fsp3) is 0.481. The standard InChI is InChI=1S/C27H33F/c1-3-5-22-10-12-23(13-11-22)14-15-25-17-19-26(27(28)20-25)18-16-24-8-6-21(4-2)7-9-24/h6-9,17,19-20,22-23H,3-5,10-15H2,1-2H3/t22-,23-. The Hall–Kier alpha value is -2.07. The first-order valence-electron chi connectivity index (χ1n) is 11.1. The van der Waals surface area contributed by atoms with Crippen LogP contribution < -0.4 is 0 Å². The van der Waals surface area contributed by atoms with Gasteiger partial charge in [0.2, 0.25) is 0 Å². The van der Waals surface area contributed by atoms with E-state index in [0.29, 0.717) is 5.56 Å². The molecule has 0 aromatic heterocycles. The summed E-state index contributed by atoms with van der Waals surface area (Å²) in [4.78, 5) is 0. The van der Waals surface area contributed by atoms with Gasteiger partial charge in [0.25, 0.3) is 0 Å². The van der Waals surface area contributed by atoms with Crippen molar-refractivity contribution in [2.45, 2.75) is 71.6 Å². The molecular formula is C27H33F. The average molecular weight is 377 g/mol. The molecule has 1 aliphatic carbocycles. The largest absolute Gasteiger partial charge is 0.206 e. The van der Waals surface area contributed by atoms with Gasteiger partial charge in [-0.25, -0.2) is 4.39 Å². The van der Waals surface area contributed by atoms with E-state index in [1.165, 1.54) is 50.5 Å². The number of benzene rings is 2. The maximum absolute atomic E-state index is 14.5. The molecular weight excluding hydrogens is 343 g/mol. The van der Waals surface area contributed by atoms with Gasteiger partial charge in [0.15, 0.2) is 0 Å². The highest BCUT2D eigenvalue weighted by molar-refractivity contribution is 5.44. The van der Waals surface area contributed by atoms with Crippen molar-refractivity contribution in [1.82, 2.24) is 0 Å². The van der Waals surface area contributed by atoms with Crippen molar-refractivity contribution in [3.05, 3.63) is 70.5 Å². The third kappa shape index (κ3) is 5.96. The second-order valence-corrected chi connectivity index (χ2v) is 8.33. The summed E-state index contributed by atoms with van der Waals surface area (Å²) < 4.78 is 14.5. The zero-order chi connectivity index (χ0) is 19.8. The number of halogens is 1. The zero-order valence-electron chi connectivity index (χ0n) is 17.4. The minimum absolute atomic E-state index is 0.193. The molecule has 1 heteroatoms. The number of hydrogen-bond acceptors (Lipinski definition) is 0. The number of rotatable bonds is 6. The fourth-order valence-electron chi connectivity index (χ4n) is 4.37. The molecule has 0 aliphatic heterocycles. The lowest BCUT2D eigenvalue weighted by atomic mass is 9.78. The van der Waals surface area contributed by atoms with Crippen LogP contribution in [0.3, 0.4) is 0 Å². The molecule has 0 heterocycles. The maximum atomic E-state index is 14.5. The molecule has 0 saturated heterocycles.